The first kappa shape index (κ1) is 18.8. The number of aromatic nitrogens is 2. The van der Waals surface area contributed by atoms with Gasteiger partial charge in [0.25, 0.3) is 11.2 Å². The molecule has 27 heavy (non-hydrogen) atoms. The molecule has 1 saturated heterocycles. The third kappa shape index (κ3) is 4.05. The molecule has 0 aliphatic carbocycles. The van der Waals surface area contributed by atoms with Crippen molar-refractivity contribution in [3.63, 3.8) is 0 Å². The van der Waals surface area contributed by atoms with Gasteiger partial charge in [-0.3, -0.25) is 24.5 Å². The molecule has 144 valence electrons. The largest absolute Gasteiger partial charge is 0.489 e. The number of nitro groups is 1. The topological polar surface area (TPSA) is 157 Å². The summed E-state index contributed by atoms with van der Waals surface area (Å²) in [5.74, 6) is 0.311. The summed E-state index contributed by atoms with van der Waals surface area (Å²) >= 11 is 0. The number of aliphatic hydroxyl groups is 2. The van der Waals surface area contributed by atoms with Crippen LogP contribution in [0.5, 0.6) is 5.75 Å². The summed E-state index contributed by atoms with van der Waals surface area (Å²) in [5, 5.41) is 29.6. The Morgan fingerprint density at radius 3 is 2.63 bits per heavy atom. The molecule has 0 bridgehead atoms. The Morgan fingerprint density at radius 2 is 2.04 bits per heavy atom. The molecule has 1 aromatic carbocycles. The van der Waals surface area contributed by atoms with Crippen LogP contribution >= 0.6 is 0 Å². The van der Waals surface area contributed by atoms with E-state index in [1.807, 2.05) is 0 Å². The van der Waals surface area contributed by atoms with Gasteiger partial charge in [-0.2, -0.15) is 0 Å². The van der Waals surface area contributed by atoms with Crippen LogP contribution in [-0.4, -0.2) is 43.5 Å². The number of non-ortho nitro benzene ring substituents is 1. The van der Waals surface area contributed by atoms with E-state index >= 15 is 0 Å². The van der Waals surface area contributed by atoms with Gasteiger partial charge in [0.05, 0.1) is 23.2 Å². The SMILES string of the molecule is O=c1[nH]c(=O)n(C2C[C@H](O)C(CO)O2)cc1COc1ccc([N+](=O)[O-])cc1. The van der Waals surface area contributed by atoms with E-state index in [0.717, 1.165) is 4.57 Å². The number of aliphatic hydroxyl groups excluding tert-OH is 2. The Balaban J connectivity index is 1.77. The summed E-state index contributed by atoms with van der Waals surface area (Å²) < 4.78 is 12.0. The van der Waals surface area contributed by atoms with Crippen LogP contribution < -0.4 is 16.0 Å². The highest BCUT2D eigenvalue weighted by atomic mass is 16.6. The molecule has 2 aromatic rings. The van der Waals surface area contributed by atoms with Crippen LogP contribution in [0.3, 0.4) is 0 Å². The minimum absolute atomic E-state index is 0.0832. The number of ether oxygens (including phenoxy) is 2. The van der Waals surface area contributed by atoms with Crippen molar-refractivity contribution in [2.75, 3.05) is 6.61 Å². The number of hydrogen-bond donors (Lipinski definition) is 3. The van der Waals surface area contributed by atoms with Gasteiger partial charge in [0, 0.05) is 24.8 Å². The van der Waals surface area contributed by atoms with Gasteiger partial charge in [-0.05, 0) is 12.1 Å². The zero-order chi connectivity index (χ0) is 19.6. The number of H-pyrrole nitrogens is 1. The van der Waals surface area contributed by atoms with E-state index in [0.29, 0.717) is 5.75 Å². The molecule has 1 aromatic heterocycles. The van der Waals surface area contributed by atoms with Crippen molar-refractivity contribution in [2.24, 2.45) is 0 Å². The van der Waals surface area contributed by atoms with Crippen molar-refractivity contribution >= 4 is 5.69 Å². The normalized spacial score (nSPS) is 21.9. The van der Waals surface area contributed by atoms with Gasteiger partial charge >= 0.3 is 5.69 Å². The first-order valence-corrected chi connectivity index (χ1v) is 8.05. The molecule has 0 spiro atoms. The van der Waals surface area contributed by atoms with Crippen LogP contribution in [0.1, 0.15) is 18.2 Å². The van der Waals surface area contributed by atoms with E-state index in [4.69, 9.17) is 14.6 Å². The maximum absolute atomic E-state index is 12.0. The van der Waals surface area contributed by atoms with E-state index in [9.17, 15) is 24.8 Å². The van der Waals surface area contributed by atoms with Crippen molar-refractivity contribution in [1.82, 2.24) is 9.55 Å². The van der Waals surface area contributed by atoms with Crippen molar-refractivity contribution < 1.29 is 24.6 Å². The molecule has 1 aliphatic rings. The summed E-state index contributed by atoms with van der Waals surface area (Å²) in [5.41, 5.74) is -1.33. The minimum atomic E-state index is -0.932. The number of nitrogens with zero attached hydrogens (tertiary/aromatic N) is 2. The fraction of sp³-hybridized carbons (Fsp3) is 0.375. The van der Waals surface area contributed by atoms with Gasteiger partial charge in [-0.1, -0.05) is 0 Å². The lowest BCUT2D eigenvalue weighted by Crippen LogP contribution is -2.34. The predicted octanol–water partition coefficient (Wildman–Crippen LogP) is -0.336. The van der Waals surface area contributed by atoms with Gasteiger partial charge in [0.15, 0.2) is 0 Å². The van der Waals surface area contributed by atoms with Gasteiger partial charge < -0.3 is 19.7 Å². The van der Waals surface area contributed by atoms with Crippen LogP contribution in [0.2, 0.25) is 0 Å². The number of nitro benzene ring substituents is 1. The zero-order valence-electron chi connectivity index (χ0n) is 14.0. The second-order valence-corrected chi connectivity index (χ2v) is 5.98. The van der Waals surface area contributed by atoms with E-state index < -0.39 is 41.2 Å². The van der Waals surface area contributed by atoms with Crippen LogP contribution in [0, 0.1) is 10.1 Å². The first-order valence-electron chi connectivity index (χ1n) is 8.05. The Hall–Kier alpha value is -3.02. The molecule has 0 amide bonds. The maximum atomic E-state index is 12.0. The zero-order valence-corrected chi connectivity index (χ0v) is 14.0. The molecule has 0 saturated carbocycles. The third-order valence-corrected chi connectivity index (χ3v) is 4.18. The third-order valence-electron chi connectivity index (χ3n) is 4.18. The fourth-order valence-electron chi connectivity index (χ4n) is 2.72. The molecule has 2 heterocycles. The highest BCUT2D eigenvalue weighted by Crippen LogP contribution is 2.27. The lowest BCUT2D eigenvalue weighted by Gasteiger charge is -2.15. The molecule has 1 fully saturated rings. The number of hydrogen-bond acceptors (Lipinski definition) is 8. The molecule has 1 aliphatic heterocycles. The van der Waals surface area contributed by atoms with E-state index in [2.05, 4.69) is 4.98 Å². The van der Waals surface area contributed by atoms with Crippen LogP contribution in [0.15, 0.2) is 40.1 Å². The van der Waals surface area contributed by atoms with Crippen LogP contribution in [0.25, 0.3) is 0 Å². The predicted molar refractivity (Wildman–Crippen MR) is 90.4 cm³/mol. The Morgan fingerprint density at radius 1 is 1.33 bits per heavy atom. The summed E-state index contributed by atoms with van der Waals surface area (Å²) in [6.45, 7) is -0.585. The average Bonchev–Trinajstić information content (AvgIpc) is 3.02. The number of nitrogens with one attached hydrogen (secondary N) is 1. The second kappa shape index (κ2) is 7.70. The van der Waals surface area contributed by atoms with Gasteiger partial charge in [0.1, 0.15) is 24.7 Å². The van der Waals surface area contributed by atoms with Gasteiger partial charge in [0.2, 0.25) is 0 Å². The first-order chi connectivity index (χ1) is 12.9. The molecule has 2 unspecified atom stereocenters. The molecule has 3 N–H and O–H groups in total. The summed E-state index contributed by atoms with van der Waals surface area (Å²) in [7, 11) is 0. The fourth-order valence-corrected chi connectivity index (χ4v) is 2.72. The molecule has 3 rings (SSSR count). The standard InChI is InChI=1S/C16H17N3O8/c20-7-13-12(21)5-14(27-13)18-6-9(15(22)17-16(18)23)8-26-11-3-1-10(2-4-11)19(24)25/h1-4,6,12-14,20-21H,5,7-8H2,(H,17,22,23)/t12-,13?,14?/m0/s1. The second-order valence-electron chi connectivity index (χ2n) is 5.98. The molecule has 3 atom stereocenters. The average molecular weight is 379 g/mol. The van der Waals surface area contributed by atoms with Crippen LogP contribution in [-0.2, 0) is 11.3 Å². The molecule has 11 nitrogen and oxygen atoms in total. The van der Waals surface area contributed by atoms with Crippen LogP contribution in [0.4, 0.5) is 5.69 Å². The Labute approximate surface area is 151 Å². The maximum Gasteiger partial charge on any atom is 0.330 e. The Bertz CT molecular complexity index is 936. The van der Waals surface area contributed by atoms with E-state index in [1.165, 1.54) is 30.5 Å². The molecule has 0 radical (unpaired) electrons. The minimum Gasteiger partial charge on any atom is -0.489 e. The Kier molecular flexibility index (Phi) is 5.35. The van der Waals surface area contributed by atoms with Crippen molar-refractivity contribution in [2.45, 2.75) is 31.5 Å². The number of aromatic amines is 1. The lowest BCUT2D eigenvalue weighted by atomic mass is 10.2. The van der Waals surface area contributed by atoms with Crippen molar-refractivity contribution in [3.8, 4) is 5.75 Å². The van der Waals surface area contributed by atoms with E-state index in [1.54, 1.807) is 0 Å². The van der Waals surface area contributed by atoms with Gasteiger partial charge in [-0.25, -0.2) is 4.79 Å². The van der Waals surface area contributed by atoms with Gasteiger partial charge in [-0.15, -0.1) is 0 Å². The monoisotopic (exact) mass is 379 g/mol. The quantitative estimate of drug-likeness (QED) is 0.455. The van der Waals surface area contributed by atoms with E-state index in [-0.39, 0.29) is 24.3 Å². The molecular formula is C16H17N3O8. The number of rotatable bonds is 6. The summed E-state index contributed by atoms with van der Waals surface area (Å²) in [6, 6.07) is 5.32. The van der Waals surface area contributed by atoms with Crippen molar-refractivity contribution in [3.05, 3.63) is 67.0 Å². The summed E-state index contributed by atoms with van der Waals surface area (Å²) in [4.78, 5) is 36.3. The highest BCUT2D eigenvalue weighted by Gasteiger charge is 2.35. The molecular weight excluding hydrogens is 362 g/mol. The highest BCUT2D eigenvalue weighted by molar-refractivity contribution is 5.36. The van der Waals surface area contributed by atoms with Crippen molar-refractivity contribution in [1.29, 1.82) is 0 Å². The summed E-state index contributed by atoms with van der Waals surface area (Å²) in [6.07, 6.45) is -1.23. The number of benzene rings is 1. The smallest absolute Gasteiger partial charge is 0.330 e. The lowest BCUT2D eigenvalue weighted by molar-refractivity contribution is -0.384. The molecule has 11 heteroatoms.